The number of hydrogen-bond acceptors (Lipinski definition) is 2. The molecule has 0 radical (unpaired) electrons. The number of hydrogen-bond donors (Lipinski definition) is 1. The van der Waals surface area contributed by atoms with Crippen LogP contribution in [0.3, 0.4) is 0 Å². The molecule has 3 rings (SSSR count). The summed E-state index contributed by atoms with van der Waals surface area (Å²) in [7, 11) is 1.74. The van der Waals surface area contributed by atoms with Gasteiger partial charge in [-0.3, -0.25) is 4.79 Å². The van der Waals surface area contributed by atoms with Crippen LogP contribution in [0.5, 0.6) is 0 Å². The summed E-state index contributed by atoms with van der Waals surface area (Å²) in [5, 5.41) is 0.438. The average Bonchev–Trinajstić information content (AvgIpc) is 3.00. The van der Waals surface area contributed by atoms with E-state index >= 15 is 0 Å². The van der Waals surface area contributed by atoms with E-state index in [1.54, 1.807) is 41.9 Å². The highest BCUT2D eigenvalue weighted by atomic mass is 32.2. The van der Waals surface area contributed by atoms with Crippen molar-refractivity contribution in [2.24, 2.45) is 0 Å². The van der Waals surface area contributed by atoms with E-state index in [9.17, 15) is 9.18 Å². The molecule has 1 N–H and O–H groups in total. The molecule has 23 heavy (non-hydrogen) atoms. The minimum Gasteiger partial charge on any atom is -0.350 e. The molecular weight excluding hydrogens is 311 g/mol. The third-order valence-electron chi connectivity index (χ3n) is 3.77. The Kier molecular flexibility index (Phi) is 4.39. The maximum absolute atomic E-state index is 13.7. The third kappa shape index (κ3) is 3.24. The highest BCUT2D eigenvalue weighted by Crippen LogP contribution is 2.20. The van der Waals surface area contributed by atoms with Crippen LogP contribution in [0.1, 0.15) is 16.1 Å². The van der Waals surface area contributed by atoms with Crippen LogP contribution >= 0.6 is 11.8 Å². The Morgan fingerprint density at radius 2 is 1.96 bits per heavy atom. The highest BCUT2D eigenvalue weighted by Gasteiger charge is 2.16. The van der Waals surface area contributed by atoms with Crippen molar-refractivity contribution in [2.45, 2.75) is 11.4 Å². The minimum atomic E-state index is -0.326. The topological polar surface area (TPSA) is 36.1 Å². The smallest absolute Gasteiger partial charge is 0.270 e. The summed E-state index contributed by atoms with van der Waals surface area (Å²) in [6, 6.07) is 14.5. The Morgan fingerprint density at radius 1 is 1.22 bits per heavy atom. The van der Waals surface area contributed by atoms with Gasteiger partial charge < -0.3 is 9.88 Å². The summed E-state index contributed by atoms with van der Waals surface area (Å²) in [5.74, 6) is -0.484. The zero-order valence-electron chi connectivity index (χ0n) is 13.0. The third-order valence-corrected chi connectivity index (χ3v) is 4.51. The first-order valence-electron chi connectivity index (χ1n) is 7.24. The number of amides is 1. The lowest BCUT2D eigenvalue weighted by Crippen LogP contribution is -2.26. The second-order valence-corrected chi connectivity index (χ2v) is 6.27. The second-order valence-electron chi connectivity index (χ2n) is 5.39. The number of carbonyl (C=O) groups excluding carboxylic acids is 1. The lowest BCUT2D eigenvalue weighted by atomic mass is 10.2. The van der Waals surface area contributed by atoms with Gasteiger partial charge in [-0.2, -0.15) is 0 Å². The van der Waals surface area contributed by atoms with Crippen LogP contribution in [-0.2, 0) is 6.54 Å². The van der Waals surface area contributed by atoms with Crippen molar-refractivity contribution in [3.63, 3.8) is 0 Å². The number of nitrogens with zero attached hydrogens (tertiary/aromatic N) is 1. The Bertz CT molecular complexity index is 842. The largest absolute Gasteiger partial charge is 0.350 e. The van der Waals surface area contributed by atoms with Crippen molar-refractivity contribution in [3.8, 4) is 0 Å². The number of halogens is 1. The number of benzene rings is 2. The van der Waals surface area contributed by atoms with Crippen LogP contribution in [0, 0.1) is 5.82 Å². The van der Waals surface area contributed by atoms with Crippen LogP contribution in [0.25, 0.3) is 10.9 Å². The normalized spacial score (nSPS) is 10.9. The number of fused-ring (bicyclic) bond motifs is 1. The van der Waals surface area contributed by atoms with Crippen molar-refractivity contribution < 1.29 is 9.18 Å². The molecule has 5 heteroatoms. The van der Waals surface area contributed by atoms with Gasteiger partial charge in [0.15, 0.2) is 0 Å². The van der Waals surface area contributed by atoms with Crippen LogP contribution in [0.15, 0.2) is 53.4 Å². The van der Waals surface area contributed by atoms with Crippen molar-refractivity contribution in [1.82, 2.24) is 9.88 Å². The van der Waals surface area contributed by atoms with Crippen LogP contribution in [-0.4, -0.2) is 29.1 Å². The molecule has 0 saturated heterocycles. The van der Waals surface area contributed by atoms with E-state index in [2.05, 4.69) is 4.98 Å². The maximum atomic E-state index is 13.7. The second kappa shape index (κ2) is 6.46. The summed E-state index contributed by atoms with van der Waals surface area (Å²) in [5.41, 5.74) is 2.08. The summed E-state index contributed by atoms with van der Waals surface area (Å²) in [4.78, 5) is 18.3. The monoisotopic (exact) mass is 328 g/mol. The van der Waals surface area contributed by atoms with E-state index in [-0.39, 0.29) is 11.7 Å². The minimum absolute atomic E-state index is 0.158. The first-order valence-corrected chi connectivity index (χ1v) is 8.46. The van der Waals surface area contributed by atoms with E-state index in [0.29, 0.717) is 23.1 Å². The van der Waals surface area contributed by atoms with Crippen LogP contribution in [0.2, 0.25) is 0 Å². The first-order chi connectivity index (χ1) is 11.1. The predicted octanol–water partition coefficient (Wildman–Crippen LogP) is 4.30. The van der Waals surface area contributed by atoms with Gasteiger partial charge in [-0.25, -0.2) is 4.39 Å². The fourth-order valence-corrected chi connectivity index (χ4v) is 2.92. The molecule has 1 amide bonds. The van der Waals surface area contributed by atoms with E-state index in [1.165, 1.54) is 11.0 Å². The van der Waals surface area contributed by atoms with Gasteiger partial charge in [-0.15, -0.1) is 11.8 Å². The van der Waals surface area contributed by atoms with E-state index < -0.39 is 0 Å². The highest BCUT2D eigenvalue weighted by molar-refractivity contribution is 7.98. The van der Waals surface area contributed by atoms with Crippen LogP contribution < -0.4 is 0 Å². The van der Waals surface area contributed by atoms with E-state index in [4.69, 9.17) is 0 Å². The van der Waals surface area contributed by atoms with Gasteiger partial charge in [-0.05, 0) is 42.2 Å². The Labute approximate surface area is 138 Å². The van der Waals surface area contributed by atoms with Gasteiger partial charge in [-0.1, -0.05) is 18.2 Å². The molecule has 3 aromatic rings. The van der Waals surface area contributed by atoms with Crippen LogP contribution in [0.4, 0.5) is 4.39 Å². The number of H-pyrrole nitrogens is 1. The van der Waals surface area contributed by atoms with Gasteiger partial charge in [0.05, 0.1) is 0 Å². The molecule has 0 fully saturated rings. The lowest BCUT2D eigenvalue weighted by molar-refractivity contribution is 0.0780. The molecule has 0 saturated carbocycles. The Balaban J connectivity index is 1.78. The first kappa shape index (κ1) is 15.6. The number of thioether (sulfide) groups is 1. The van der Waals surface area contributed by atoms with Gasteiger partial charge in [0, 0.05) is 29.4 Å². The van der Waals surface area contributed by atoms with Gasteiger partial charge in [0.1, 0.15) is 11.5 Å². The van der Waals surface area contributed by atoms with Crippen molar-refractivity contribution in [2.75, 3.05) is 13.3 Å². The maximum Gasteiger partial charge on any atom is 0.270 e. The van der Waals surface area contributed by atoms with Gasteiger partial charge in [0.2, 0.25) is 0 Å². The number of nitrogens with one attached hydrogen (secondary N) is 1. The molecule has 1 heterocycles. The van der Waals surface area contributed by atoms with Gasteiger partial charge >= 0.3 is 0 Å². The lowest BCUT2D eigenvalue weighted by Gasteiger charge is -2.16. The zero-order valence-corrected chi connectivity index (χ0v) is 13.8. The zero-order chi connectivity index (χ0) is 16.4. The molecule has 0 bridgehead atoms. The Morgan fingerprint density at radius 3 is 2.61 bits per heavy atom. The number of aromatic nitrogens is 1. The molecular formula is C18H17FN2OS. The Hall–Kier alpha value is -2.27. The molecule has 0 spiro atoms. The van der Waals surface area contributed by atoms with Gasteiger partial charge in [0.25, 0.3) is 5.91 Å². The number of aromatic amines is 1. The summed E-state index contributed by atoms with van der Waals surface area (Å²) in [6.45, 7) is 0.505. The summed E-state index contributed by atoms with van der Waals surface area (Å²) >= 11 is 1.68. The van der Waals surface area contributed by atoms with Crippen molar-refractivity contribution in [3.05, 3.63) is 65.6 Å². The van der Waals surface area contributed by atoms with E-state index in [1.807, 2.05) is 30.5 Å². The molecule has 118 valence electrons. The van der Waals surface area contributed by atoms with Crippen molar-refractivity contribution >= 4 is 28.6 Å². The molecule has 0 atom stereocenters. The SMILES string of the molecule is CSc1ccc(CN(C)C(=O)c2cc3c(F)cccc3[nH]2)cc1. The quantitative estimate of drug-likeness (QED) is 0.725. The fourth-order valence-electron chi connectivity index (χ4n) is 2.52. The molecule has 1 aromatic heterocycles. The average molecular weight is 328 g/mol. The molecule has 0 aliphatic rings. The van der Waals surface area contributed by atoms with Crippen molar-refractivity contribution in [1.29, 1.82) is 0 Å². The number of carbonyl (C=O) groups is 1. The predicted molar refractivity (Wildman–Crippen MR) is 92.3 cm³/mol. The van der Waals surface area contributed by atoms with E-state index in [0.717, 1.165) is 5.56 Å². The molecule has 0 aliphatic heterocycles. The molecule has 0 aliphatic carbocycles. The standard InChI is InChI=1S/C18H17FN2OS/c1-21(11-12-6-8-13(23-2)9-7-12)18(22)17-10-14-15(19)4-3-5-16(14)20-17/h3-10,20H,11H2,1-2H3. The molecule has 0 unspecified atom stereocenters. The summed E-state index contributed by atoms with van der Waals surface area (Å²) in [6.07, 6.45) is 2.03. The summed E-state index contributed by atoms with van der Waals surface area (Å²) < 4.78 is 13.7. The fraction of sp³-hybridized carbons (Fsp3) is 0.167. The molecule has 3 nitrogen and oxygen atoms in total. The molecule has 2 aromatic carbocycles. The number of rotatable bonds is 4.